The van der Waals surface area contributed by atoms with Crippen LogP contribution in [0.1, 0.15) is 55.8 Å². The van der Waals surface area contributed by atoms with Gasteiger partial charge >= 0.3 is 0 Å². The summed E-state index contributed by atoms with van der Waals surface area (Å²) in [6.07, 6.45) is 13.6. The van der Waals surface area contributed by atoms with Crippen molar-refractivity contribution in [3.63, 3.8) is 0 Å². The van der Waals surface area contributed by atoms with Gasteiger partial charge in [0.15, 0.2) is 5.12 Å². The lowest BCUT2D eigenvalue weighted by molar-refractivity contribution is -0.114. The summed E-state index contributed by atoms with van der Waals surface area (Å²) in [5.74, 6) is 0.164. The Hall–Kier alpha value is -0.970. The Balaban J connectivity index is 1.77. The molecule has 1 atom stereocenters. The van der Waals surface area contributed by atoms with Gasteiger partial charge in [-0.05, 0) is 30.5 Å². The fraction of sp³-hybridized carbons (Fsp3) is 0.500. The van der Waals surface area contributed by atoms with Crippen molar-refractivity contribution in [1.29, 1.82) is 0 Å². The summed E-state index contributed by atoms with van der Waals surface area (Å²) in [6, 6.07) is 5.52. The van der Waals surface area contributed by atoms with Gasteiger partial charge in [-0.1, -0.05) is 73.1 Å². The molecular weight excluding hydrogens is 387 g/mol. The summed E-state index contributed by atoms with van der Waals surface area (Å²) in [5, 5.41) is 1.46. The fourth-order valence-electron chi connectivity index (χ4n) is 3.48. The number of benzene rings is 1. The molecule has 0 radical (unpaired) electrons. The third-order valence-electron chi connectivity index (χ3n) is 4.94. The predicted molar refractivity (Wildman–Crippen MR) is 110 cm³/mol. The number of hydrogen-bond donors (Lipinski definition) is 0. The number of aromatic nitrogens is 2. The van der Waals surface area contributed by atoms with Gasteiger partial charge in [0.1, 0.15) is 0 Å². The van der Waals surface area contributed by atoms with E-state index in [1.165, 1.54) is 31.0 Å². The summed E-state index contributed by atoms with van der Waals surface area (Å²) in [5.41, 5.74) is 0.953. The molecule has 1 fully saturated rings. The predicted octanol–water partition coefficient (Wildman–Crippen LogP) is 6.55. The number of thioether (sulfide) groups is 1. The zero-order valence-corrected chi connectivity index (χ0v) is 17.1. The van der Waals surface area contributed by atoms with Gasteiger partial charge in [0.05, 0.1) is 11.6 Å². The average Bonchev–Trinajstić information content (AvgIpc) is 3.07. The molecule has 0 N–H and O–H groups in total. The summed E-state index contributed by atoms with van der Waals surface area (Å²) in [6.45, 7) is 0.657. The van der Waals surface area contributed by atoms with Gasteiger partial charge in [-0.2, -0.15) is 0 Å². The maximum atomic E-state index is 13.0. The number of carbonyl (C=O) groups excluding carboxylic acids is 1. The number of hydrogen-bond acceptors (Lipinski definition) is 3. The second kappa shape index (κ2) is 9.82. The van der Waals surface area contributed by atoms with Gasteiger partial charge in [-0.25, -0.2) is 4.98 Å². The first-order valence-electron chi connectivity index (χ1n) is 9.24. The third-order valence-corrected chi connectivity index (χ3v) is 6.76. The van der Waals surface area contributed by atoms with Gasteiger partial charge < -0.3 is 4.57 Å². The molecule has 3 rings (SSSR count). The molecule has 0 aliphatic heterocycles. The Morgan fingerprint density at radius 3 is 2.58 bits per heavy atom. The summed E-state index contributed by atoms with van der Waals surface area (Å²) in [7, 11) is 0. The molecule has 26 heavy (non-hydrogen) atoms. The van der Waals surface area contributed by atoms with E-state index < -0.39 is 0 Å². The zero-order chi connectivity index (χ0) is 18.4. The van der Waals surface area contributed by atoms with Crippen molar-refractivity contribution in [1.82, 2.24) is 9.55 Å². The number of nitrogens with zero attached hydrogens (tertiary/aromatic N) is 2. The van der Waals surface area contributed by atoms with Gasteiger partial charge in [-0.15, -0.1) is 0 Å². The van der Waals surface area contributed by atoms with Crippen molar-refractivity contribution in [2.75, 3.05) is 0 Å². The molecule has 1 aliphatic carbocycles. The van der Waals surface area contributed by atoms with Crippen molar-refractivity contribution in [3.8, 4) is 0 Å². The quantitative estimate of drug-likeness (QED) is 0.559. The molecule has 140 valence electrons. The van der Waals surface area contributed by atoms with E-state index in [0.29, 0.717) is 21.7 Å². The van der Waals surface area contributed by atoms with Crippen LogP contribution in [-0.2, 0) is 11.3 Å². The second-order valence-electron chi connectivity index (χ2n) is 6.89. The molecule has 3 nitrogen and oxygen atoms in total. The van der Waals surface area contributed by atoms with Crippen LogP contribution in [0.5, 0.6) is 0 Å². The van der Waals surface area contributed by atoms with E-state index in [1.54, 1.807) is 18.6 Å². The highest BCUT2D eigenvalue weighted by Crippen LogP contribution is 2.39. The van der Waals surface area contributed by atoms with Crippen LogP contribution in [0.3, 0.4) is 0 Å². The van der Waals surface area contributed by atoms with Crippen LogP contribution in [0.2, 0.25) is 10.0 Å². The minimum Gasteiger partial charge on any atom is -0.336 e. The smallest absolute Gasteiger partial charge is 0.192 e. The lowest BCUT2D eigenvalue weighted by Gasteiger charge is -2.23. The highest BCUT2D eigenvalue weighted by Gasteiger charge is 2.26. The molecule has 1 heterocycles. The Morgan fingerprint density at radius 1 is 1.19 bits per heavy atom. The highest BCUT2D eigenvalue weighted by atomic mass is 35.5. The molecule has 1 saturated carbocycles. The minimum absolute atomic E-state index is 0.0492. The molecule has 0 amide bonds. The molecular formula is C20H24Cl2N2OS. The summed E-state index contributed by atoms with van der Waals surface area (Å²) < 4.78 is 1.99. The standard InChI is InChI=1S/C20H24Cl2N2OS/c21-16-8-9-17(18(22)12-16)19(13-24-11-10-23-14-24)26-20(25)15-6-4-2-1-3-5-7-15/h8-12,14-15,19H,1-7,13H2. The number of carbonyl (C=O) groups is 1. The first-order valence-corrected chi connectivity index (χ1v) is 10.9. The lowest BCUT2D eigenvalue weighted by Crippen LogP contribution is -2.16. The van der Waals surface area contributed by atoms with E-state index in [9.17, 15) is 4.79 Å². The molecule has 0 spiro atoms. The van der Waals surface area contributed by atoms with Crippen LogP contribution < -0.4 is 0 Å². The van der Waals surface area contributed by atoms with Crippen molar-refractivity contribution < 1.29 is 4.79 Å². The van der Waals surface area contributed by atoms with E-state index in [0.717, 1.165) is 31.2 Å². The van der Waals surface area contributed by atoms with Gasteiger partial charge in [0.25, 0.3) is 0 Å². The topological polar surface area (TPSA) is 34.9 Å². The molecule has 6 heteroatoms. The largest absolute Gasteiger partial charge is 0.336 e. The molecule has 1 aromatic carbocycles. The number of halogens is 2. The Labute approximate surface area is 169 Å². The zero-order valence-electron chi connectivity index (χ0n) is 14.7. The van der Waals surface area contributed by atoms with E-state index in [1.807, 2.05) is 22.9 Å². The Bertz CT molecular complexity index is 713. The first-order chi connectivity index (χ1) is 12.6. The van der Waals surface area contributed by atoms with E-state index in [2.05, 4.69) is 4.98 Å². The van der Waals surface area contributed by atoms with Crippen LogP contribution in [0.4, 0.5) is 0 Å². The highest BCUT2D eigenvalue weighted by molar-refractivity contribution is 8.13. The van der Waals surface area contributed by atoms with E-state index in [-0.39, 0.29) is 11.2 Å². The molecule has 1 unspecified atom stereocenters. The Kier molecular flexibility index (Phi) is 7.47. The second-order valence-corrected chi connectivity index (χ2v) is 8.94. The van der Waals surface area contributed by atoms with Crippen molar-refractivity contribution >= 4 is 40.1 Å². The van der Waals surface area contributed by atoms with Crippen LogP contribution in [0.15, 0.2) is 36.9 Å². The number of imidazole rings is 1. The van der Waals surface area contributed by atoms with Gasteiger partial charge in [0, 0.05) is 34.9 Å². The SMILES string of the molecule is O=C(SC(Cn1ccnc1)c1ccc(Cl)cc1Cl)C1CCCCCCC1. The maximum Gasteiger partial charge on any atom is 0.192 e. The van der Waals surface area contributed by atoms with Crippen LogP contribution >= 0.6 is 35.0 Å². The van der Waals surface area contributed by atoms with Gasteiger partial charge in [-0.3, -0.25) is 4.79 Å². The third kappa shape index (κ3) is 5.51. The summed E-state index contributed by atoms with van der Waals surface area (Å²) in [4.78, 5) is 17.1. The lowest BCUT2D eigenvalue weighted by atomic mass is 9.92. The van der Waals surface area contributed by atoms with Crippen LogP contribution in [0.25, 0.3) is 0 Å². The molecule has 2 aromatic rings. The van der Waals surface area contributed by atoms with E-state index in [4.69, 9.17) is 23.2 Å². The maximum absolute atomic E-state index is 13.0. The first kappa shape index (κ1) is 19.8. The summed E-state index contributed by atoms with van der Waals surface area (Å²) >= 11 is 13.9. The molecule has 1 aliphatic rings. The monoisotopic (exact) mass is 410 g/mol. The van der Waals surface area contributed by atoms with Gasteiger partial charge in [0.2, 0.25) is 0 Å². The van der Waals surface area contributed by atoms with Crippen LogP contribution in [0, 0.1) is 5.92 Å². The van der Waals surface area contributed by atoms with Crippen molar-refractivity contribution in [2.45, 2.75) is 56.7 Å². The molecule has 1 aromatic heterocycles. The van der Waals surface area contributed by atoms with Crippen molar-refractivity contribution in [2.24, 2.45) is 5.92 Å². The number of rotatable bonds is 5. The Morgan fingerprint density at radius 2 is 1.92 bits per heavy atom. The minimum atomic E-state index is -0.0492. The molecule has 0 saturated heterocycles. The van der Waals surface area contributed by atoms with Crippen LogP contribution in [-0.4, -0.2) is 14.7 Å². The molecule has 0 bridgehead atoms. The van der Waals surface area contributed by atoms with Crippen molar-refractivity contribution in [3.05, 3.63) is 52.5 Å². The fourth-order valence-corrected chi connectivity index (χ4v) is 5.37. The van der Waals surface area contributed by atoms with E-state index >= 15 is 0 Å². The average molecular weight is 411 g/mol. The normalized spacial score (nSPS) is 17.5.